The number of rotatable bonds is 11. The third-order valence-corrected chi connectivity index (χ3v) is 3.85. The molecule has 1 fully saturated rings. The zero-order chi connectivity index (χ0) is 25.7. The number of aldehydes is 1. The van der Waals surface area contributed by atoms with Gasteiger partial charge in [-0.2, -0.15) is 0 Å². The molecule has 0 amide bonds. The molecule has 196 valence electrons. The van der Waals surface area contributed by atoms with Gasteiger partial charge >= 0.3 is 17.9 Å². The average Bonchev–Trinajstić information content (AvgIpc) is 2.83. The Morgan fingerprint density at radius 3 is 1.73 bits per heavy atom. The van der Waals surface area contributed by atoms with Crippen LogP contribution in [0.15, 0.2) is 0 Å². The predicted octanol–water partition coefficient (Wildman–Crippen LogP) is 1.26. The summed E-state index contributed by atoms with van der Waals surface area (Å²) in [6, 6.07) is 0. The Kier molecular flexibility index (Phi) is 32.2. The first kappa shape index (κ1) is 35.5. The number of carbonyl (C=O) groups excluding carboxylic acids is 4. The van der Waals surface area contributed by atoms with Crippen LogP contribution in [-0.4, -0.2) is 110 Å². The highest BCUT2D eigenvalue weighted by molar-refractivity contribution is 5.70. The van der Waals surface area contributed by atoms with Crippen molar-refractivity contribution in [2.45, 2.75) is 39.5 Å². The number of ether oxygens (including phenoxy) is 6. The van der Waals surface area contributed by atoms with E-state index in [4.69, 9.17) is 19.0 Å². The first-order chi connectivity index (χ1) is 15.8. The second kappa shape index (κ2) is 29.9. The minimum absolute atomic E-state index is 0.0237. The molecule has 11 heteroatoms. The average molecular weight is 482 g/mol. The van der Waals surface area contributed by atoms with Crippen LogP contribution < -0.4 is 0 Å². The molecule has 11 nitrogen and oxygen atoms in total. The van der Waals surface area contributed by atoms with Gasteiger partial charge in [-0.15, -0.1) is 0 Å². The molecule has 0 bridgehead atoms. The number of piperidine rings is 1. The molecule has 0 aromatic carbocycles. The van der Waals surface area contributed by atoms with E-state index in [0.29, 0.717) is 32.8 Å². The number of esters is 3. The minimum Gasteiger partial charge on any atom is -0.469 e. The van der Waals surface area contributed by atoms with Gasteiger partial charge < -0.3 is 38.1 Å². The normalized spacial score (nSPS) is 12.3. The highest BCUT2D eigenvalue weighted by atomic mass is 16.6. The molecule has 0 saturated carbocycles. The fourth-order valence-electron chi connectivity index (χ4n) is 2.11. The molecule has 1 aliphatic heterocycles. The van der Waals surface area contributed by atoms with Crippen LogP contribution in [0.4, 0.5) is 0 Å². The van der Waals surface area contributed by atoms with Gasteiger partial charge in [-0.25, -0.2) is 4.79 Å². The zero-order valence-electron chi connectivity index (χ0n) is 21.1. The molecule has 0 N–H and O–H groups in total. The van der Waals surface area contributed by atoms with Gasteiger partial charge in [-0.1, -0.05) is 6.42 Å². The molecule has 0 aromatic heterocycles. The lowest BCUT2D eigenvalue weighted by atomic mass is 10.1. The standard InChI is InChI=1S/C9H17NO2.C8H16O5.C3H6O2.C2H4O/c1-12-9(11)5-8-10-6-3-2-4-7-10;1-10-3-4-12-5-6-13-7-8(9)11-2;1-3(4)5-2;1-2-3/h2-8H2,1H3;3-7H2,1-2H3;1-2H3;2H,1H3. The molecule has 1 heterocycles. The summed E-state index contributed by atoms with van der Waals surface area (Å²) in [5, 5.41) is 0. The van der Waals surface area contributed by atoms with Crippen LogP contribution in [0.2, 0.25) is 0 Å². The van der Waals surface area contributed by atoms with Crippen LogP contribution >= 0.6 is 0 Å². The first-order valence-electron chi connectivity index (χ1n) is 10.8. The van der Waals surface area contributed by atoms with Crippen molar-refractivity contribution in [3.05, 3.63) is 0 Å². The van der Waals surface area contributed by atoms with E-state index in [-0.39, 0.29) is 24.5 Å². The van der Waals surface area contributed by atoms with Crippen molar-refractivity contribution < 1.29 is 47.6 Å². The Bertz CT molecular complexity index is 468. The summed E-state index contributed by atoms with van der Waals surface area (Å²) in [6.45, 7) is 7.90. The zero-order valence-corrected chi connectivity index (χ0v) is 21.1. The summed E-state index contributed by atoms with van der Waals surface area (Å²) in [5.74, 6) is -0.720. The molecule has 0 unspecified atom stereocenters. The van der Waals surface area contributed by atoms with Crippen molar-refractivity contribution in [1.29, 1.82) is 0 Å². The Morgan fingerprint density at radius 1 is 0.788 bits per heavy atom. The second-order valence-corrected chi connectivity index (χ2v) is 6.39. The Balaban J connectivity index is -0.000000414. The molecule has 1 aliphatic rings. The topological polar surface area (TPSA) is 127 Å². The van der Waals surface area contributed by atoms with Crippen molar-refractivity contribution in [3.63, 3.8) is 0 Å². The van der Waals surface area contributed by atoms with Crippen molar-refractivity contribution in [2.75, 3.05) is 81.1 Å². The third-order valence-electron chi connectivity index (χ3n) is 3.85. The molecule has 1 saturated heterocycles. The van der Waals surface area contributed by atoms with Crippen molar-refractivity contribution in [1.82, 2.24) is 4.90 Å². The number of likely N-dealkylation sites (tertiary alicyclic amines) is 1. The number of carbonyl (C=O) groups is 4. The van der Waals surface area contributed by atoms with Crippen molar-refractivity contribution in [2.24, 2.45) is 0 Å². The van der Waals surface area contributed by atoms with E-state index in [1.54, 1.807) is 7.11 Å². The molecule has 0 aromatic rings. The minimum atomic E-state index is -0.378. The van der Waals surface area contributed by atoms with E-state index in [9.17, 15) is 14.4 Å². The fraction of sp³-hybridized carbons (Fsp3) is 0.818. The third kappa shape index (κ3) is 34.7. The van der Waals surface area contributed by atoms with E-state index in [1.807, 2.05) is 0 Å². The Labute approximate surface area is 198 Å². The number of methoxy groups -OCH3 is 4. The van der Waals surface area contributed by atoms with E-state index < -0.39 is 0 Å². The summed E-state index contributed by atoms with van der Waals surface area (Å²) < 4.78 is 27.8. The molecule has 0 spiro atoms. The number of hydrogen-bond acceptors (Lipinski definition) is 11. The van der Waals surface area contributed by atoms with Gasteiger partial charge in [0.25, 0.3) is 0 Å². The van der Waals surface area contributed by atoms with Crippen LogP contribution in [0.25, 0.3) is 0 Å². The van der Waals surface area contributed by atoms with Crippen LogP contribution in [0.5, 0.6) is 0 Å². The van der Waals surface area contributed by atoms with Crippen LogP contribution in [0.3, 0.4) is 0 Å². The van der Waals surface area contributed by atoms with Gasteiger partial charge in [0.15, 0.2) is 0 Å². The van der Waals surface area contributed by atoms with Gasteiger partial charge in [-0.05, 0) is 32.9 Å². The summed E-state index contributed by atoms with van der Waals surface area (Å²) in [6.07, 6.45) is 5.19. The highest BCUT2D eigenvalue weighted by Crippen LogP contribution is 2.08. The van der Waals surface area contributed by atoms with Crippen LogP contribution in [-0.2, 0) is 47.6 Å². The van der Waals surface area contributed by atoms with E-state index in [1.165, 1.54) is 54.4 Å². The predicted molar refractivity (Wildman–Crippen MR) is 122 cm³/mol. The maximum atomic E-state index is 10.8. The monoisotopic (exact) mass is 481 g/mol. The van der Waals surface area contributed by atoms with Crippen LogP contribution in [0, 0.1) is 0 Å². The largest absolute Gasteiger partial charge is 0.469 e. The fourth-order valence-corrected chi connectivity index (χ4v) is 2.11. The molecule has 0 aliphatic carbocycles. The smallest absolute Gasteiger partial charge is 0.331 e. The van der Waals surface area contributed by atoms with Crippen molar-refractivity contribution >= 4 is 24.2 Å². The van der Waals surface area contributed by atoms with Crippen LogP contribution in [0.1, 0.15) is 39.5 Å². The maximum Gasteiger partial charge on any atom is 0.331 e. The lowest BCUT2D eigenvalue weighted by Gasteiger charge is -2.25. The van der Waals surface area contributed by atoms with E-state index in [0.717, 1.165) is 25.9 Å². The second-order valence-electron chi connectivity index (χ2n) is 6.39. The Hall–Kier alpha value is -2.08. The molecular formula is C22H43NO10. The SMILES string of the molecule is CC=O.COC(=O)CCN1CCCCC1.COC(C)=O.COCCOCCOCC(=O)OC. The summed E-state index contributed by atoms with van der Waals surface area (Å²) >= 11 is 0. The van der Waals surface area contributed by atoms with Crippen molar-refractivity contribution in [3.8, 4) is 0 Å². The number of hydrogen-bond donors (Lipinski definition) is 0. The van der Waals surface area contributed by atoms with Gasteiger partial charge in [0.05, 0.1) is 54.2 Å². The van der Waals surface area contributed by atoms with Gasteiger partial charge in [0, 0.05) is 20.6 Å². The summed E-state index contributed by atoms with van der Waals surface area (Å²) in [5.41, 5.74) is 0. The molecule has 0 radical (unpaired) electrons. The van der Waals surface area contributed by atoms with Gasteiger partial charge in [0.2, 0.25) is 0 Å². The number of nitrogens with zero attached hydrogens (tertiary/aromatic N) is 1. The quantitative estimate of drug-likeness (QED) is 0.183. The highest BCUT2D eigenvalue weighted by Gasteiger charge is 2.11. The summed E-state index contributed by atoms with van der Waals surface area (Å²) in [4.78, 5) is 42.1. The van der Waals surface area contributed by atoms with Gasteiger partial charge in [-0.3, -0.25) is 9.59 Å². The van der Waals surface area contributed by atoms with E-state index in [2.05, 4.69) is 19.1 Å². The first-order valence-corrected chi connectivity index (χ1v) is 10.8. The van der Waals surface area contributed by atoms with Gasteiger partial charge in [0.1, 0.15) is 12.9 Å². The maximum absolute atomic E-state index is 10.8. The lowest BCUT2D eigenvalue weighted by molar-refractivity contribution is -0.146. The summed E-state index contributed by atoms with van der Waals surface area (Å²) in [7, 11) is 5.72. The lowest BCUT2D eigenvalue weighted by Crippen LogP contribution is -2.31. The van der Waals surface area contributed by atoms with E-state index >= 15 is 0 Å². The molecular weight excluding hydrogens is 438 g/mol. The molecule has 33 heavy (non-hydrogen) atoms. The molecule has 0 atom stereocenters. The molecule has 1 rings (SSSR count). The Morgan fingerprint density at radius 2 is 1.27 bits per heavy atom.